The first kappa shape index (κ1) is 52.4. The minimum absolute atomic E-state index is 0.00232. The summed E-state index contributed by atoms with van der Waals surface area (Å²) in [5, 5.41) is 24.4. The third kappa shape index (κ3) is 12.7. The van der Waals surface area contributed by atoms with Crippen molar-refractivity contribution in [1.29, 1.82) is 0 Å². The average Bonchev–Trinajstić information content (AvgIpc) is 4.27. The number of rotatable bonds is 10. The van der Waals surface area contributed by atoms with Crippen molar-refractivity contribution in [2.75, 3.05) is 26.3 Å². The minimum Gasteiger partial charge on any atom is -0.481 e. The highest BCUT2D eigenvalue weighted by molar-refractivity contribution is 7.10. The molecule has 3 saturated heterocycles. The number of benzene rings is 4. The van der Waals surface area contributed by atoms with Crippen LogP contribution in [0.5, 0.6) is 0 Å². The van der Waals surface area contributed by atoms with Crippen LogP contribution in [0.25, 0.3) is 44.1 Å². The molecule has 73 heavy (non-hydrogen) atoms. The molecule has 0 radical (unpaired) electrons. The second-order valence-electron chi connectivity index (χ2n) is 21.1. The first-order valence-electron chi connectivity index (χ1n) is 26.1. The lowest BCUT2D eigenvalue weighted by Crippen LogP contribution is -2.48. The molecule has 2 saturated carbocycles. The number of nitrogens with two attached hydrogens (primary N) is 1. The van der Waals surface area contributed by atoms with Crippen molar-refractivity contribution in [3.8, 4) is 22.5 Å². The van der Waals surface area contributed by atoms with Crippen LogP contribution in [0.15, 0.2) is 95.7 Å². The average molecular weight is 1030 g/mol. The van der Waals surface area contributed by atoms with Gasteiger partial charge in [0.1, 0.15) is 21.4 Å². The number of aliphatic carboxylic acids is 1. The third-order valence-electron chi connectivity index (χ3n) is 15.0. The summed E-state index contributed by atoms with van der Waals surface area (Å²) < 4.78 is 16.6. The van der Waals surface area contributed by atoms with E-state index in [1.807, 2.05) is 11.0 Å². The summed E-state index contributed by atoms with van der Waals surface area (Å²) in [6, 6.07) is 29.5. The number of nitrogens with zero attached hydrogens (tertiary/aromatic N) is 3. The van der Waals surface area contributed by atoms with E-state index >= 15 is 0 Å². The summed E-state index contributed by atoms with van der Waals surface area (Å²) >= 11 is 3.41. The van der Waals surface area contributed by atoms with Gasteiger partial charge in [-0.25, -0.2) is 9.97 Å². The highest BCUT2D eigenvalue weighted by Gasteiger charge is 2.44. The molecule has 13 nitrogen and oxygen atoms in total. The molecule has 2 aromatic heterocycles. The Morgan fingerprint density at radius 3 is 1.93 bits per heavy atom. The molecule has 386 valence electrons. The van der Waals surface area contributed by atoms with Crippen molar-refractivity contribution >= 4 is 67.8 Å². The number of hydrogen-bond donors (Lipinski definition) is 3. The van der Waals surface area contributed by atoms with Gasteiger partial charge in [-0.3, -0.25) is 19.2 Å². The number of carboxylic acid groups (broad SMARTS) is 1. The number of ether oxygens (including phenoxy) is 3. The maximum absolute atomic E-state index is 13.3. The fourth-order valence-corrected chi connectivity index (χ4v) is 13.1. The number of ketones is 1. The van der Waals surface area contributed by atoms with Gasteiger partial charge in [-0.1, -0.05) is 84.9 Å². The van der Waals surface area contributed by atoms with Crippen molar-refractivity contribution in [2.24, 2.45) is 23.5 Å². The topological polar surface area (TPSA) is 183 Å². The Labute approximate surface area is 436 Å². The number of hydrogen-bond acceptors (Lipinski definition) is 13. The molecule has 15 heteroatoms. The summed E-state index contributed by atoms with van der Waals surface area (Å²) in [5.74, 6) is -2.21. The number of aromatic nitrogens is 2. The lowest BCUT2D eigenvalue weighted by molar-refractivity contribution is -0.188. The van der Waals surface area contributed by atoms with Gasteiger partial charge in [0.25, 0.3) is 0 Å². The SMILES string of the molecule is CC(C)(C)OC(=O)CC(C(=O)O)C1CCC2(CC1)OCCO2.NC(C(=O)N1CCCC1c1nc(-c2cccc3ccccc23)cs1)C1CCC(=O)CC1.c1ccc2c(-c3csc([C@@H]4CCCN4)n3)cccc2c1. The van der Waals surface area contributed by atoms with E-state index in [1.165, 1.54) is 45.0 Å². The van der Waals surface area contributed by atoms with Crippen LogP contribution >= 0.6 is 22.7 Å². The van der Waals surface area contributed by atoms with Crippen molar-refractivity contribution in [3.63, 3.8) is 0 Å². The molecular formula is C58H69N5O8S2. The van der Waals surface area contributed by atoms with Gasteiger partial charge in [-0.15, -0.1) is 22.7 Å². The van der Waals surface area contributed by atoms with Crippen molar-refractivity contribution in [3.05, 3.63) is 106 Å². The molecule has 3 aliphatic heterocycles. The third-order valence-corrected chi connectivity index (χ3v) is 16.9. The second kappa shape index (κ2) is 23.4. The van der Waals surface area contributed by atoms with E-state index in [2.05, 4.69) is 94.9 Å². The summed E-state index contributed by atoms with van der Waals surface area (Å²) in [6.45, 7) is 8.38. The number of amides is 1. The molecule has 1 spiro atoms. The fourth-order valence-electron chi connectivity index (χ4n) is 11.2. The highest BCUT2D eigenvalue weighted by Crippen LogP contribution is 2.43. The Hall–Kier alpha value is -5.42. The molecule has 5 aliphatic rings. The van der Waals surface area contributed by atoms with E-state index in [-0.39, 0.29) is 30.2 Å². The lowest BCUT2D eigenvalue weighted by atomic mass is 9.76. The van der Waals surface area contributed by atoms with Gasteiger partial charge in [-0.2, -0.15) is 0 Å². The number of Topliss-reactive ketones (excluding diaryl/α,β-unsaturated/α-hetero) is 1. The molecule has 1 amide bonds. The van der Waals surface area contributed by atoms with Gasteiger partial charge in [-0.05, 0) is 112 Å². The Kier molecular flexibility index (Phi) is 16.8. The van der Waals surface area contributed by atoms with E-state index in [0.717, 1.165) is 60.7 Å². The first-order valence-corrected chi connectivity index (χ1v) is 27.9. The molecule has 4 atom stereocenters. The first-order chi connectivity index (χ1) is 35.2. The van der Waals surface area contributed by atoms with Gasteiger partial charge >= 0.3 is 11.9 Å². The molecule has 4 N–H and O–H groups in total. The Bertz CT molecular complexity index is 2850. The number of carbonyl (C=O) groups excluding carboxylic acids is 3. The summed E-state index contributed by atoms with van der Waals surface area (Å²) in [6.07, 6.45) is 9.61. The summed E-state index contributed by atoms with van der Waals surface area (Å²) in [7, 11) is 0. The normalized spacial score (nSPS) is 21.1. The number of likely N-dealkylation sites (tertiary alicyclic amines) is 1. The quantitative estimate of drug-likeness (QED) is 0.111. The summed E-state index contributed by atoms with van der Waals surface area (Å²) in [5.41, 5.74) is 10.2. The monoisotopic (exact) mass is 1030 g/mol. The smallest absolute Gasteiger partial charge is 0.307 e. The number of carbonyl (C=O) groups is 4. The second-order valence-corrected chi connectivity index (χ2v) is 22.9. The lowest BCUT2D eigenvalue weighted by Gasteiger charge is -2.37. The van der Waals surface area contributed by atoms with Crippen LogP contribution in [0, 0.1) is 17.8 Å². The highest BCUT2D eigenvalue weighted by atomic mass is 32.1. The fraction of sp³-hybridized carbons (Fsp3) is 0.483. The Balaban J connectivity index is 0.000000139. The van der Waals surface area contributed by atoms with Crippen LogP contribution < -0.4 is 11.1 Å². The number of fused-ring (bicyclic) bond motifs is 2. The van der Waals surface area contributed by atoms with E-state index < -0.39 is 35.3 Å². The molecule has 5 heterocycles. The zero-order chi connectivity index (χ0) is 51.1. The van der Waals surface area contributed by atoms with Gasteiger partial charge in [0.15, 0.2) is 5.79 Å². The van der Waals surface area contributed by atoms with Gasteiger partial charge in [0.2, 0.25) is 5.91 Å². The Morgan fingerprint density at radius 1 is 0.781 bits per heavy atom. The van der Waals surface area contributed by atoms with Crippen molar-refractivity contribution < 1.29 is 38.5 Å². The molecule has 6 aromatic rings. The largest absolute Gasteiger partial charge is 0.481 e. The predicted octanol–water partition coefficient (Wildman–Crippen LogP) is 11.5. The van der Waals surface area contributed by atoms with Crippen LogP contribution in [0.1, 0.15) is 126 Å². The molecule has 11 rings (SSSR count). The zero-order valence-corrected chi connectivity index (χ0v) is 43.9. The Morgan fingerprint density at radius 2 is 1.36 bits per heavy atom. The van der Waals surface area contributed by atoms with Gasteiger partial charge in [0.05, 0.1) is 55.1 Å². The van der Waals surface area contributed by atoms with Crippen molar-refractivity contribution in [2.45, 2.75) is 134 Å². The summed E-state index contributed by atoms with van der Waals surface area (Å²) in [4.78, 5) is 60.1. The van der Waals surface area contributed by atoms with E-state index in [9.17, 15) is 24.3 Å². The maximum atomic E-state index is 13.3. The van der Waals surface area contributed by atoms with E-state index in [1.54, 1.807) is 43.4 Å². The van der Waals surface area contributed by atoms with Crippen LogP contribution in [0.2, 0.25) is 0 Å². The van der Waals surface area contributed by atoms with Crippen LogP contribution in [0.4, 0.5) is 0 Å². The molecule has 3 unspecified atom stereocenters. The molecule has 0 bridgehead atoms. The number of carboxylic acids is 1. The van der Waals surface area contributed by atoms with E-state index in [4.69, 9.17) is 29.9 Å². The number of thiazole rings is 2. The molecular weight excluding hydrogens is 959 g/mol. The van der Waals surface area contributed by atoms with Crippen molar-refractivity contribution in [1.82, 2.24) is 20.2 Å². The van der Waals surface area contributed by atoms with Gasteiger partial charge < -0.3 is 35.3 Å². The van der Waals surface area contributed by atoms with Gasteiger partial charge in [0, 0.05) is 54.1 Å². The van der Waals surface area contributed by atoms with Crippen LogP contribution in [0.3, 0.4) is 0 Å². The van der Waals surface area contributed by atoms with E-state index in [0.29, 0.717) is 63.6 Å². The predicted molar refractivity (Wildman–Crippen MR) is 287 cm³/mol. The molecule has 5 fully saturated rings. The zero-order valence-electron chi connectivity index (χ0n) is 42.3. The molecule has 4 aromatic carbocycles. The molecule has 2 aliphatic carbocycles. The number of nitrogens with one attached hydrogen (secondary N) is 1. The minimum atomic E-state index is -0.930. The number of esters is 1. The standard InChI is InChI=1S/C25H27N3O2S.C17H16N2S.C16H26O6/c26-23(17-10-12-18(29)13-11-17)25(30)28-14-4-9-22(28)24-27-21(15-31-24)20-8-3-6-16-5-1-2-7-19(16)20;1-2-7-13-12(5-1)6-3-8-14(13)16-11-20-17(19-16)15-9-4-10-18-15;1-15(2,3)22-13(17)10-12(14(18)19)11-4-6-16(7-5-11)20-8-9-21-16/h1-3,5-8,15,17,22-23H,4,9-14,26H2;1-3,5-8,11,15,18H,4,9-10H2;11-12H,4-10H2,1-3H3,(H,18,19)/t;15-;/m.0./s1. The maximum Gasteiger partial charge on any atom is 0.307 e. The van der Waals surface area contributed by atoms with Crippen LogP contribution in [-0.2, 0) is 33.4 Å². The van der Waals surface area contributed by atoms with Crippen LogP contribution in [-0.4, -0.2) is 87.3 Å².